The van der Waals surface area contributed by atoms with Gasteiger partial charge in [-0.05, 0) is 36.5 Å². The second-order valence-corrected chi connectivity index (χ2v) is 5.52. The topological polar surface area (TPSA) is 29.1 Å². The van der Waals surface area contributed by atoms with E-state index in [1.54, 1.807) is 0 Å². The second kappa shape index (κ2) is 5.49. The summed E-state index contributed by atoms with van der Waals surface area (Å²) in [4.78, 5) is 12.2. The van der Waals surface area contributed by atoms with Crippen LogP contribution in [0.4, 0.5) is 0 Å². The zero-order valence-corrected chi connectivity index (χ0v) is 11.7. The van der Waals surface area contributed by atoms with Crippen LogP contribution in [0, 0.1) is 6.92 Å². The molecular formula is C18H19NO. The standard InChI is InChI=1S/C18H19NO/c1-13-6-8-14(9-7-13)12-18(20)19-17-11-10-15-4-2-3-5-16(15)17/h2-9,17H,10-12H2,1H3,(H,19,20). The molecule has 102 valence electrons. The fourth-order valence-electron chi connectivity index (χ4n) is 2.84. The third-order valence-electron chi connectivity index (χ3n) is 3.95. The number of hydrogen-bond donors (Lipinski definition) is 1. The van der Waals surface area contributed by atoms with Gasteiger partial charge >= 0.3 is 0 Å². The summed E-state index contributed by atoms with van der Waals surface area (Å²) in [6.07, 6.45) is 2.53. The largest absolute Gasteiger partial charge is 0.349 e. The van der Waals surface area contributed by atoms with Crippen molar-refractivity contribution in [1.82, 2.24) is 5.32 Å². The highest BCUT2D eigenvalue weighted by molar-refractivity contribution is 5.79. The van der Waals surface area contributed by atoms with Crippen LogP contribution in [0.1, 0.15) is 34.7 Å². The number of hydrogen-bond acceptors (Lipinski definition) is 1. The van der Waals surface area contributed by atoms with Crippen LogP contribution in [0.2, 0.25) is 0 Å². The molecule has 2 heteroatoms. The van der Waals surface area contributed by atoms with Crippen LogP contribution in [0.15, 0.2) is 48.5 Å². The van der Waals surface area contributed by atoms with E-state index < -0.39 is 0 Å². The maximum absolute atomic E-state index is 12.2. The van der Waals surface area contributed by atoms with Crippen molar-refractivity contribution in [2.24, 2.45) is 0 Å². The smallest absolute Gasteiger partial charge is 0.224 e. The number of amides is 1. The van der Waals surface area contributed by atoms with Gasteiger partial charge in [0.1, 0.15) is 0 Å². The van der Waals surface area contributed by atoms with Gasteiger partial charge in [-0.3, -0.25) is 4.79 Å². The SMILES string of the molecule is Cc1ccc(CC(=O)NC2CCc3ccccc32)cc1. The van der Waals surface area contributed by atoms with E-state index in [0.717, 1.165) is 18.4 Å². The van der Waals surface area contributed by atoms with Gasteiger partial charge in [0, 0.05) is 0 Å². The van der Waals surface area contributed by atoms with Gasteiger partial charge in [-0.15, -0.1) is 0 Å². The van der Waals surface area contributed by atoms with Gasteiger partial charge in [0.25, 0.3) is 0 Å². The predicted octanol–water partition coefficient (Wildman–Crippen LogP) is 3.34. The summed E-state index contributed by atoms with van der Waals surface area (Å²) in [5, 5.41) is 3.16. The molecule has 0 saturated carbocycles. The number of fused-ring (bicyclic) bond motifs is 1. The molecular weight excluding hydrogens is 246 g/mol. The summed E-state index contributed by atoms with van der Waals surface area (Å²) < 4.78 is 0. The summed E-state index contributed by atoms with van der Waals surface area (Å²) in [5.41, 5.74) is 4.94. The van der Waals surface area contributed by atoms with Crippen molar-refractivity contribution in [1.29, 1.82) is 0 Å². The maximum atomic E-state index is 12.2. The molecule has 0 fully saturated rings. The Morgan fingerprint density at radius 1 is 1.15 bits per heavy atom. The van der Waals surface area contributed by atoms with E-state index in [1.165, 1.54) is 16.7 Å². The molecule has 2 aromatic rings. The lowest BCUT2D eigenvalue weighted by molar-refractivity contribution is -0.121. The Balaban J connectivity index is 1.64. The number of aryl methyl sites for hydroxylation is 2. The molecule has 0 saturated heterocycles. The van der Waals surface area contributed by atoms with Crippen molar-refractivity contribution in [2.75, 3.05) is 0 Å². The minimum Gasteiger partial charge on any atom is -0.349 e. The Morgan fingerprint density at radius 3 is 2.70 bits per heavy atom. The van der Waals surface area contributed by atoms with Crippen molar-refractivity contribution in [2.45, 2.75) is 32.2 Å². The first kappa shape index (κ1) is 12.9. The van der Waals surface area contributed by atoms with Crippen LogP contribution in [-0.2, 0) is 17.6 Å². The summed E-state index contributed by atoms with van der Waals surface area (Å²) in [7, 11) is 0. The van der Waals surface area contributed by atoms with Crippen LogP contribution in [0.3, 0.4) is 0 Å². The van der Waals surface area contributed by atoms with E-state index in [4.69, 9.17) is 0 Å². The van der Waals surface area contributed by atoms with Crippen molar-refractivity contribution in [3.8, 4) is 0 Å². The van der Waals surface area contributed by atoms with Gasteiger partial charge in [0.15, 0.2) is 0 Å². The molecule has 0 aromatic heterocycles. The fourth-order valence-corrected chi connectivity index (χ4v) is 2.84. The van der Waals surface area contributed by atoms with Gasteiger partial charge in [-0.25, -0.2) is 0 Å². The lowest BCUT2D eigenvalue weighted by Gasteiger charge is -2.14. The van der Waals surface area contributed by atoms with E-state index in [1.807, 2.05) is 30.3 Å². The molecule has 0 spiro atoms. The van der Waals surface area contributed by atoms with Crippen LogP contribution in [0.25, 0.3) is 0 Å². The normalized spacial score (nSPS) is 16.8. The average molecular weight is 265 g/mol. The van der Waals surface area contributed by atoms with Gasteiger partial charge in [0.05, 0.1) is 12.5 Å². The maximum Gasteiger partial charge on any atom is 0.224 e. The molecule has 3 rings (SSSR count). The number of nitrogens with one attached hydrogen (secondary N) is 1. The van der Waals surface area contributed by atoms with Crippen LogP contribution in [0.5, 0.6) is 0 Å². The summed E-state index contributed by atoms with van der Waals surface area (Å²) in [6, 6.07) is 16.7. The molecule has 0 radical (unpaired) electrons. The summed E-state index contributed by atoms with van der Waals surface area (Å²) in [5.74, 6) is 0.107. The highest BCUT2D eigenvalue weighted by atomic mass is 16.1. The third kappa shape index (κ3) is 2.74. The van der Waals surface area contributed by atoms with Gasteiger partial charge in [-0.1, -0.05) is 54.1 Å². The van der Waals surface area contributed by atoms with Gasteiger partial charge in [0.2, 0.25) is 5.91 Å². The molecule has 1 aliphatic carbocycles. The Kier molecular flexibility index (Phi) is 3.55. The number of carbonyl (C=O) groups excluding carboxylic acids is 1. The first-order chi connectivity index (χ1) is 9.72. The minimum absolute atomic E-state index is 0.107. The fraction of sp³-hybridized carbons (Fsp3) is 0.278. The van der Waals surface area contributed by atoms with Crippen molar-refractivity contribution in [3.05, 3.63) is 70.8 Å². The molecule has 1 aliphatic rings. The first-order valence-corrected chi connectivity index (χ1v) is 7.15. The quantitative estimate of drug-likeness (QED) is 0.906. The molecule has 2 aromatic carbocycles. The number of rotatable bonds is 3. The van der Waals surface area contributed by atoms with E-state index in [2.05, 4.69) is 30.4 Å². The lowest BCUT2D eigenvalue weighted by atomic mass is 10.1. The number of benzene rings is 2. The molecule has 1 amide bonds. The first-order valence-electron chi connectivity index (χ1n) is 7.15. The number of carbonyl (C=O) groups is 1. The van der Waals surface area contributed by atoms with Crippen molar-refractivity contribution in [3.63, 3.8) is 0 Å². The third-order valence-corrected chi connectivity index (χ3v) is 3.95. The molecule has 20 heavy (non-hydrogen) atoms. The van der Waals surface area contributed by atoms with Crippen molar-refractivity contribution < 1.29 is 4.79 Å². The van der Waals surface area contributed by atoms with Crippen LogP contribution >= 0.6 is 0 Å². The van der Waals surface area contributed by atoms with Crippen molar-refractivity contribution >= 4 is 5.91 Å². The van der Waals surface area contributed by atoms with E-state index in [-0.39, 0.29) is 11.9 Å². The Hall–Kier alpha value is -2.09. The highest BCUT2D eigenvalue weighted by Crippen LogP contribution is 2.30. The van der Waals surface area contributed by atoms with E-state index in [9.17, 15) is 4.79 Å². The van der Waals surface area contributed by atoms with E-state index >= 15 is 0 Å². The average Bonchev–Trinajstić information content (AvgIpc) is 2.85. The molecule has 0 bridgehead atoms. The zero-order valence-electron chi connectivity index (χ0n) is 11.7. The summed E-state index contributed by atoms with van der Waals surface area (Å²) in [6.45, 7) is 2.05. The molecule has 1 atom stereocenters. The lowest BCUT2D eigenvalue weighted by Crippen LogP contribution is -2.28. The van der Waals surface area contributed by atoms with E-state index in [0.29, 0.717) is 6.42 Å². The predicted molar refractivity (Wildman–Crippen MR) is 80.5 cm³/mol. The minimum atomic E-state index is 0.107. The van der Waals surface area contributed by atoms with Gasteiger partial charge in [-0.2, -0.15) is 0 Å². The summed E-state index contributed by atoms with van der Waals surface area (Å²) >= 11 is 0. The van der Waals surface area contributed by atoms with Crippen LogP contribution in [-0.4, -0.2) is 5.91 Å². The molecule has 0 heterocycles. The molecule has 0 aliphatic heterocycles. The molecule has 1 unspecified atom stereocenters. The molecule has 1 N–H and O–H groups in total. The Labute approximate surface area is 119 Å². The molecule has 2 nitrogen and oxygen atoms in total. The van der Waals surface area contributed by atoms with Gasteiger partial charge < -0.3 is 5.32 Å². The van der Waals surface area contributed by atoms with Crippen LogP contribution < -0.4 is 5.32 Å². The zero-order chi connectivity index (χ0) is 13.9. The highest BCUT2D eigenvalue weighted by Gasteiger charge is 2.23. The Morgan fingerprint density at radius 2 is 1.90 bits per heavy atom. The Bertz CT molecular complexity index is 616. The second-order valence-electron chi connectivity index (χ2n) is 5.52. The monoisotopic (exact) mass is 265 g/mol.